The molecule has 2 aromatic carbocycles. The molecule has 0 unspecified atom stereocenters. The van der Waals surface area contributed by atoms with Crippen molar-refractivity contribution in [3.63, 3.8) is 0 Å². The van der Waals surface area contributed by atoms with Crippen LogP contribution in [0.25, 0.3) is 11.0 Å². The number of thioether (sulfide) groups is 1. The Morgan fingerprint density at radius 3 is 2.41 bits per heavy atom. The molecule has 0 fully saturated rings. The summed E-state index contributed by atoms with van der Waals surface area (Å²) in [5.74, 6) is -2.39. The third-order valence-electron chi connectivity index (χ3n) is 4.00. The van der Waals surface area contributed by atoms with Gasteiger partial charge in [-0.2, -0.15) is 13.2 Å². The third kappa shape index (κ3) is 5.08. The van der Waals surface area contributed by atoms with Gasteiger partial charge in [0.25, 0.3) is 5.91 Å². The van der Waals surface area contributed by atoms with Crippen LogP contribution in [0.3, 0.4) is 0 Å². The Balaban J connectivity index is 1.61. The maximum Gasteiger partial charge on any atom is 0.449 e. The summed E-state index contributed by atoms with van der Waals surface area (Å²) in [7, 11) is 0. The smallest absolute Gasteiger partial charge is 0.311 e. The van der Waals surface area contributed by atoms with Crippen LogP contribution in [0, 0.1) is 6.92 Å². The van der Waals surface area contributed by atoms with E-state index in [4.69, 9.17) is 0 Å². The minimum absolute atomic E-state index is 0.0486. The maximum absolute atomic E-state index is 13.3. The van der Waals surface area contributed by atoms with Gasteiger partial charge in [0.1, 0.15) is 6.54 Å². The van der Waals surface area contributed by atoms with E-state index in [1.165, 1.54) is 23.9 Å². The van der Waals surface area contributed by atoms with Crippen molar-refractivity contribution in [2.75, 3.05) is 5.75 Å². The summed E-state index contributed by atoms with van der Waals surface area (Å²) < 4.78 is 40.5. The topological polar surface area (TPSA) is 76.0 Å². The van der Waals surface area contributed by atoms with Gasteiger partial charge in [-0.25, -0.2) is 4.98 Å². The number of aromatic nitrogens is 2. The number of nitrogens with one attached hydrogen (secondary N) is 2. The predicted octanol–water partition coefficient (Wildman–Crippen LogP) is 3.30. The summed E-state index contributed by atoms with van der Waals surface area (Å²) in [6.07, 6.45) is -4.72. The van der Waals surface area contributed by atoms with Crippen molar-refractivity contribution in [1.29, 1.82) is 0 Å². The highest BCUT2D eigenvalue weighted by molar-refractivity contribution is 8.00. The standard InChI is InChI=1S/C19H17F3N4O2S/c1-12-6-2-5-9-15(12)29-11-17(28)25-24-16(27)10-26-14-8-4-3-7-13(14)23-18(26)19(20,21)22/h2-9H,10-11H2,1H3,(H,24,27)(H,25,28). The number of aryl methyl sites for hydroxylation is 1. The first-order chi connectivity index (χ1) is 13.8. The number of rotatable bonds is 5. The van der Waals surface area contributed by atoms with Crippen molar-refractivity contribution in [2.24, 2.45) is 0 Å². The summed E-state index contributed by atoms with van der Waals surface area (Å²) in [6, 6.07) is 13.5. The number of hydrogen-bond donors (Lipinski definition) is 2. The molecule has 0 radical (unpaired) electrons. The third-order valence-corrected chi connectivity index (χ3v) is 5.18. The van der Waals surface area contributed by atoms with E-state index < -0.39 is 30.4 Å². The first-order valence-corrected chi connectivity index (χ1v) is 9.53. The molecule has 0 saturated carbocycles. The van der Waals surface area contributed by atoms with E-state index >= 15 is 0 Å². The lowest BCUT2D eigenvalue weighted by molar-refractivity contribution is -0.147. The summed E-state index contributed by atoms with van der Waals surface area (Å²) in [4.78, 5) is 28.5. The van der Waals surface area contributed by atoms with Gasteiger partial charge in [-0.3, -0.25) is 20.4 Å². The molecule has 0 bridgehead atoms. The van der Waals surface area contributed by atoms with Crippen molar-refractivity contribution in [2.45, 2.75) is 24.5 Å². The normalized spacial score (nSPS) is 11.4. The Labute approximate surface area is 168 Å². The number of carbonyl (C=O) groups is 2. The van der Waals surface area contributed by atoms with Crippen molar-refractivity contribution < 1.29 is 22.8 Å². The molecule has 3 rings (SSSR count). The summed E-state index contributed by atoms with van der Waals surface area (Å²) in [6.45, 7) is 1.27. The molecule has 0 spiro atoms. The molecule has 0 atom stereocenters. The SMILES string of the molecule is Cc1ccccc1SCC(=O)NNC(=O)Cn1c(C(F)(F)F)nc2ccccc21. The molecular formula is C19H17F3N4O2S. The Hall–Kier alpha value is -3.01. The van der Waals surface area contributed by atoms with Gasteiger partial charge in [-0.15, -0.1) is 11.8 Å². The van der Waals surface area contributed by atoms with Crippen LogP contribution in [0.1, 0.15) is 11.4 Å². The molecule has 1 heterocycles. The molecule has 6 nitrogen and oxygen atoms in total. The predicted molar refractivity (Wildman–Crippen MR) is 103 cm³/mol. The highest BCUT2D eigenvalue weighted by Gasteiger charge is 2.38. The Morgan fingerprint density at radius 2 is 1.69 bits per heavy atom. The van der Waals surface area contributed by atoms with Crippen LogP contribution >= 0.6 is 11.8 Å². The van der Waals surface area contributed by atoms with Crippen LogP contribution in [0.15, 0.2) is 53.4 Å². The summed E-state index contributed by atoms with van der Waals surface area (Å²) in [5, 5.41) is 0. The zero-order chi connectivity index (χ0) is 21.0. The van der Waals surface area contributed by atoms with Crippen LogP contribution in [0.4, 0.5) is 13.2 Å². The molecule has 0 aliphatic carbocycles. The maximum atomic E-state index is 13.3. The molecule has 0 aliphatic rings. The van der Waals surface area contributed by atoms with Gasteiger partial charge in [-0.05, 0) is 30.7 Å². The molecule has 1 aromatic heterocycles. The van der Waals surface area contributed by atoms with Gasteiger partial charge in [0.05, 0.1) is 16.8 Å². The Kier molecular flexibility index (Phi) is 6.12. The molecule has 0 saturated heterocycles. The minimum atomic E-state index is -4.72. The van der Waals surface area contributed by atoms with Gasteiger partial charge in [0.15, 0.2) is 0 Å². The molecule has 2 N–H and O–H groups in total. The highest BCUT2D eigenvalue weighted by atomic mass is 32.2. The van der Waals surface area contributed by atoms with Gasteiger partial charge in [0, 0.05) is 4.90 Å². The monoisotopic (exact) mass is 422 g/mol. The van der Waals surface area contributed by atoms with E-state index in [-0.39, 0.29) is 16.8 Å². The number of carbonyl (C=O) groups excluding carboxylic acids is 2. The molecule has 29 heavy (non-hydrogen) atoms. The lowest BCUT2D eigenvalue weighted by Crippen LogP contribution is -2.44. The fourth-order valence-electron chi connectivity index (χ4n) is 2.67. The molecular weight excluding hydrogens is 405 g/mol. The zero-order valence-corrected chi connectivity index (χ0v) is 16.1. The van der Waals surface area contributed by atoms with Crippen LogP contribution in [0.5, 0.6) is 0 Å². The number of nitrogens with zero attached hydrogens (tertiary/aromatic N) is 2. The fraction of sp³-hybridized carbons (Fsp3) is 0.211. The van der Waals surface area contributed by atoms with Crippen LogP contribution in [0.2, 0.25) is 0 Å². The number of fused-ring (bicyclic) bond motifs is 1. The number of halogens is 3. The van der Waals surface area contributed by atoms with E-state index in [9.17, 15) is 22.8 Å². The van der Waals surface area contributed by atoms with Gasteiger partial charge < -0.3 is 4.57 Å². The first-order valence-electron chi connectivity index (χ1n) is 8.54. The quantitative estimate of drug-likeness (QED) is 0.489. The molecule has 152 valence electrons. The molecule has 0 aliphatic heterocycles. The van der Waals surface area contributed by atoms with Crippen LogP contribution in [-0.2, 0) is 22.3 Å². The number of hydrogen-bond acceptors (Lipinski definition) is 4. The number of benzene rings is 2. The fourth-order valence-corrected chi connectivity index (χ4v) is 3.50. The van der Waals surface area contributed by atoms with Crippen molar-refractivity contribution in [1.82, 2.24) is 20.4 Å². The number of alkyl halides is 3. The average Bonchev–Trinajstić information content (AvgIpc) is 3.05. The van der Waals surface area contributed by atoms with Crippen LogP contribution in [-0.4, -0.2) is 27.1 Å². The lowest BCUT2D eigenvalue weighted by Gasteiger charge is -2.12. The van der Waals surface area contributed by atoms with Gasteiger partial charge in [0.2, 0.25) is 11.7 Å². The van der Waals surface area contributed by atoms with E-state index in [2.05, 4.69) is 15.8 Å². The van der Waals surface area contributed by atoms with E-state index in [1.54, 1.807) is 12.1 Å². The summed E-state index contributed by atoms with van der Waals surface area (Å²) >= 11 is 1.29. The zero-order valence-electron chi connectivity index (χ0n) is 15.3. The van der Waals surface area contributed by atoms with Gasteiger partial charge in [-0.1, -0.05) is 30.3 Å². The Morgan fingerprint density at radius 1 is 1.03 bits per heavy atom. The highest BCUT2D eigenvalue weighted by Crippen LogP contribution is 2.31. The number of para-hydroxylation sites is 2. The van der Waals surface area contributed by atoms with Crippen molar-refractivity contribution >= 4 is 34.6 Å². The average molecular weight is 422 g/mol. The van der Waals surface area contributed by atoms with Gasteiger partial charge >= 0.3 is 6.18 Å². The lowest BCUT2D eigenvalue weighted by atomic mass is 10.2. The molecule has 10 heteroatoms. The van der Waals surface area contributed by atoms with Crippen molar-refractivity contribution in [3.8, 4) is 0 Å². The summed E-state index contributed by atoms with van der Waals surface area (Å²) in [5.41, 5.74) is 5.69. The number of imidazole rings is 1. The van der Waals surface area contributed by atoms with Crippen LogP contribution < -0.4 is 10.9 Å². The second-order valence-corrected chi connectivity index (χ2v) is 7.18. The number of hydrazine groups is 1. The second kappa shape index (κ2) is 8.56. The minimum Gasteiger partial charge on any atom is -0.311 e. The largest absolute Gasteiger partial charge is 0.449 e. The Bertz CT molecular complexity index is 1050. The van der Waals surface area contributed by atoms with E-state index in [0.29, 0.717) is 0 Å². The second-order valence-electron chi connectivity index (χ2n) is 6.16. The van der Waals surface area contributed by atoms with Crippen molar-refractivity contribution in [3.05, 3.63) is 59.9 Å². The number of amides is 2. The molecule has 3 aromatic rings. The van der Waals surface area contributed by atoms with E-state index in [1.807, 2.05) is 31.2 Å². The first kappa shape index (κ1) is 20.7. The van der Waals surface area contributed by atoms with E-state index in [0.717, 1.165) is 15.0 Å². The molecule has 2 amide bonds.